The zero-order chi connectivity index (χ0) is 19.3. The Morgan fingerprint density at radius 2 is 1.67 bits per heavy atom. The number of nitrogens with one attached hydrogen (secondary N) is 1. The van der Waals surface area contributed by atoms with Crippen molar-refractivity contribution in [1.29, 1.82) is 0 Å². The van der Waals surface area contributed by atoms with E-state index >= 15 is 0 Å². The first kappa shape index (κ1) is 19.1. The number of hydrogen-bond acceptors (Lipinski definition) is 4. The van der Waals surface area contributed by atoms with Crippen LogP contribution in [0.5, 0.6) is 0 Å². The van der Waals surface area contributed by atoms with E-state index in [1.807, 2.05) is 18.2 Å². The molecule has 2 aromatic carbocycles. The number of para-hydroxylation sites is 1. The highest BCUT2D eigenvalue weighted by atomic mass is 32.2. The summed E-state index contributed by atoms with van der Waals surface area (Å²) in [4.78, 5) is 16.8. The normalized spacial score (nSPS) is 15.2. The molecule has 27 heavy (non-hydrogen) atoms. The number of anilines is 1. The molecule has 0 aromatic heterocycles. The summed E-state index contributed by atoms with van der Waals surface area (Å²) in [6.07, 6.45) is 4.20. The Morgan fingerprint density at radius 1 is 0.963 bits per heavy atom. The van der Waals surface area contributed by atoms with Crippen molar-refractivity contribution >= 4 is 27.3 Å². The van der Waals surface area contributed by atoms with Crippen molar-refractivity contribution in [3.05, 3.63) is 60.2 Å². The van der Waals surface area contributed by atoms with Gasteiger partial charge in [-0.2, -0.15) is 18.4 Å². The Morgan fingerprint density at radius 3 is 2.41 bits per heavy atom. The standard InChI is InChI=1S/C20H23N3O3S/c1-2-3-4-10-15-23-18-14-9-8-13-17(18)19(20(23)24)21-22-27(25,26)16-11-6-5-7-12-16/h5-9,11-14,22H,2-4,10,15H2,1H3/b21-19-. The van der Waals surface area contributed by atoms with Gasteiger partial charge in [-0.25, -0.2) is 0 Å². The number of hydrazone groups is 1. The van der Waals surface area contributed by atoms with Crippen LogP contribution in [0.2, 0.25) is 0 Å². The second kappa shape index (κ2) is 8.35. The van der Waals surface area contributed by atoms with Crippen molar-refractivity contribution in [3.8, 4) is 0 Å². The van der Waals surface area contributed by atoms with E-state index in [9.17, 15) is 13.2 Å². The van der Waals surface area contributed by atoms with Crippen LogP contribution in [-0.4, -0.2) is 26.6 Å². The number of benzene rings is 2. The fraction of sp³-hybridized carbons (Fsp3) is 0.300. The molecule has 1 N–H and O–H groups in total. The molecule has 6 nitrogen and oxygen atoms in total. The summed E-state index contributed by atoms with van der Waals surface area (Å²) in [7, 11) is -3.82. The highest BCUT2D eigenvalue weighted by molar-refractivity contribution is 7.89. The number of amides is 1. The van der Waals surface area contributed by atoms with Crippen molar-refractivity contribution in [2.45, 2.75) is 37.5 Å². The van der Waals surface area contributed by atoms with Gasteiger partial charge in [0.1, 0.15) is 0 Å². The Bertz CT molecular complexity index is 940. The van der Waals surface area contributed by atoms with Crippen LogP contribution in [0.15, 0.2) is 64.6 Å². The number of sulfonamides is 1. The maximum Gasteiger partial charge on any atom is 0.279 e. The topological polar surface area (TPSA) is 78.8 Å². The number of hydrogen-bond donors (Lipinski definition) is 1. The van der Waals surface area contributed by atoms with E-state index in [1.54, 1.807) is 29.2 Å². The molecule has 1 aliphatic heterocycles. The molecular formula is C20H23N3O3S. The molecule has 1 amide bonds. The Balaban J connectivity index is 1.83. The van der Waals surface area contributed by atoms with Gasteiger partial charge in [-0.3, -0.25) is 4.79 Å². The van der Waals surface area contributed by atoms with Crippen molar-refractivity contribution in [3.63, 3.8) is 0 Å². The molecular weight excluding hydrogens is 362 g/mol. The molecule has 3 rings (SSSR count). The minimum Gasteiger partial charge on any atom is -0.306 e. The molecule has 0 radical (unpaired) electrons. The third-order valence-electron chi connectivity index (χ3n) is 4.46. The van der Waals surface area contributed by atoms with Gasteiger partial charge in [0.15, 0.2) is 5.71 Å². The lowest BCUT2D eigenvalue weighted by molar-refractivity contribution is -0.112. The quantitative estimate of drug-likeness (QED) is 0.559. The van der Waals surface area contributed by atoms with Gasteiger partial charge < -0.3 is 4.90 Å². The Kier molecular flexibility index (Phi) is 5.91. The van der Waals surface area contributed by atoms with E-state index in [2.05, 4.69) is 16.9 Å². The molecule has 0 aliphatic carbocycles. The fourth-order valence-electron chi connectivity index (χ4n) is 3.05. The summed E-state index contributed by atoms with van der Waals surface area (Å²) < 4.78 is 24.8. The van der Waals surface area contributed by atoms with Crippen LogP contribution in [-0.2, 0) is 14.8 Å². The van der Waals surface area contributed by atoms with Crippen molar-refractivity contribution in [2.75, 3.05) is 11.4 Å². The number of carbonyl (C=O) groups excluding carboxylic acids is 1. The molecule has 0 unspecified atom stereocenters. The van der Waals surface area contributed by atoms with E-state index in [0.717, 1.165) is 31.4 Å². The predicted octanol–water partition coefficient (Wildman–Crippen LogP) is 3.30. The molecule has 1 aliphatic rings. The van der Waals surface area contributed by atoms with Gasteiger partial charge >= 0.3 is 0 Å². The van der Waals surface area contributed by atoms with Crippen molar-refractivity contribution < 1.29 is 13.2 Å². The molecule has 0 spiro atoms. The van der Waals surface area contributed by atoms with Crippen LogP contribution < -0.4 is 9.73 Å². The van der Waals surface area contributed by atoms with E-state index < -0.39 is 10.0 Å². The molecule has 0 bridgehead atoms. The van der Waals surface area contributed by atoms with Crippen LogP contribution in [0.4, 0.5) is 5.69 Å². The molecule has 0 atom stereocenters. The van der Waals surface area contributed by atoms with Gasteiger partial charge in [0.25, 0.3) is 15.9 Å². The van der Waals surface area contributed by atoms with Crippen LogP contribution in [0.1, 0.15) is 38.2 Å². The fourth-order valence-corrected chi connectivity index (χ4v) is 3.88. The third kappa shape index (κ3) is 4.19. The number of unbranched alkanes of at least 4 members (excludes halogenated alkanes) is 3. The lowest BCUT2D eigenvalue weighted by Gasteiger charge is -2.16. The van der Waals surface area contributed by atoms with E-state index in [-0.39, 0.29) is 16.5 Å². The van der Waals surface area contributed by atoms with Crippen LogP contribution in [0, 0.1) is 0 Å². The zero-order valence-electron chi connectivity index (χ0n) is 15.3. The van der Waals surface area contributed by atoms with Crippen molar-refractivity contribution in [2.24, 2.45) is 5.10 Å². The minimum atomic E-state index is -3.82. The smallest absolute Gasteiger partial charge is 0.279 e. The first-order valence-corrected chi connectivity index (χ1v) is 10.6. The predicted molar refractivity (Wildman–Crippen MR) is 106 cm³/mol. The maximum absolute atomic E-state index is 12.8. The SMILES string of the molecule is CCCCCCN1C(=O)/C(=N\NS(=O)(=O)c2ccccc2)c2ccccc21. The summed E-state index contributed by atoms with van der Waals surface area (Å²) in [5, 5.41) is 3.98. The van der Waals surface area contributed by atoms with Gasteiger partial charge in [-0.15, -0.1) is 0 Å². The first-order valence-electron chi connectivity index (χ1n) is 9.10. The summed E-state index contributed by atoms with van der Waals surface area (Å²) in [6.45, 7) is 2.74. The Hall–Kier alpha value is -2.67. The second-order valence-corrected chi connectivity index (χ2v) is 8.06. The summed E-state index contributed by atoms with van der Waals surface area (Å²) in [6, 6.07) is 15.3. The number of fused-ring (bicyclic) bond motifs is 1. The van der Waals surface area contributed by atoms with Crippen LogP contribution >= 0.6 is 0 Å². The highest BCUT2D eigenvalue weighted by Gasteiger charge is 2.33. The third-order valence-corrected chi connectivity index (χ3v) is 5.69. The molecule has 1 heterocycles. The molecule has 2 aromatic rings. The minimum absolute atomic E-state index is 0.101. The monoisotopic (exact) mass is 385 g/mol. The largest absolute Gasteiger partial charge is 0.306 e. The van der Waals surface area contributed by atoms with Crippen LogP contribution in [0.25, 0.3) is 0 Å². The average molecular weight is 385 g/mol. The highest BCUT2D eigenvalue weighted by Crippen LogP contribution is 2.29. The average Bonchev–Trinajstić information content (AvgIpc) is 2.95. The van der Waals surface area contributed by atoms with Gasteiger partial charge in [-0.05, 0) is 24.6 Å². The molecule has 7 heteroatoms. The zero-order valence-corrected chi connectivity index (χ0v) is 16.1. The summed E-state index contributed by atoms with van der Waals surface area (Å²) in [5.41, 5.74) is 1.55. The molecule has 142 valence electrons. The van der Waals surface area contributed by atoms with Crippen molar-refractivity contribution in [1.82, 2.24) is 4.83 Å². The van der Waals surface area contributed by atoms with Gasteiger partial charge in [0.2, 0.25) is 0 Å². The van der Waals surface area contributed by atoms with Gasteiger partial charge in [0.05, 0.1) is 10.6 Å². The van der Waals surface area contributed by atoms with Crippen LogP contribution in [0.3, 0.4) is 0 Å². The second-order valence-electron chi connectivity index (χ2n) is 6.40. The first-order chi connectivity index (χ1) is 13.0. The molecule has 0 saturated heterocycles. The van der Waals surface area contributed by atoms with Gasteiger partial charge in [0, 0.05) is 12.1 Å². The Labute approximate surface area is 159 Å². The molecule has 0 fully saturated rings. The lowest BCUT2D eigenvalue weighted by Crippen LogP contribution is -2.32. The number of rotatable bonds is 8. The van der Waals surface area contributed by atoms with E-state index in [1.165, 1.54) is 12.1 Å². The lowest BCUT2D eigenvalue weighted by atomic mass is 10.1. The maximum atomic E-state index is 12.8. The molecule has 0 saturated carbocycles. The number of carbonyl (C=O) groups is 1. The summed E-state index contributed by atoms with van der Waals surface area (Å²) >= 11 is 0. The van der Waals surface area contributed by atoms with E-state index in [4.69, 9.17) is 0 Å². The summed E-state index contributed by atoms with van der Waals surface area (Å²) in [5.74, 6) is -0.275. The van der Waals surface area contributed by atoms with E-state index in [0.29, 0.717) is 12.1 Å². The number of nitrogens with zero attached hydrogens (tertiary/aromatic N) is 2. The van der Waals surface area contributed by atoms with Gasteiger partial charge in [-0.1, -0.05) is 62.6 Å².